The van der Waals surface area contributed by atoms with E-state index in [1.165, 1.54) is 0 Å². The fourth-order valence-corrected chi connectivity index (χ4v) is 2.98. The van der Waals surface area contributed by atoms with Crippen molar-refractivity contribution in [3.05, 3.63) is 29.8 Å². The minimum atomic E-state index is -0.575. The minimum Gasteiger partial charge on any atom is -0.491 e. The van der Waals surface area contributed by atoms with E-state index in [0.29, 0.717) is 13.0 Å². The van der Waals surface area contributed by atoms with E-state index in [4.69, 9.17) is 10.5 Å². The molecule has 2 unspecified atom stereocenters. The lowest BCUT2D eigenvalue weighted by Crippen LogP contribution is -2.46. The van der Waals surface area contributed by atoms with Crippen LogP contribution in [0.4, 0.5) is 0 Å². The summed E-state index contributed by atoms with van der Waals surface area (Å²) in [7, 11) is 0. The van der Waals surface area contributed by atoms with Crippen molar-refractivity contribution in [3.8, 4) is 5.75 Å². The monoisotopic (exact) mass is 306 g/mol. The number of carbonyl (C=O) groups is 1. The Kier molecular flexibility index (Phi) is 6.21. The Hall–Kier alpha value is -1.59. The van der Waals surface area contributed by atoms with E-state index < -0.39 is 6.10 Å². The molecule has 2 rings (SSSR count). The summed E-state index contributed by atoms with van der Waals surface area (Å²) in [4.78, 5) is 13.3. The second-order valence-electron chi connectivity index (χ2n) is 6.10. The summed E-state index contributed by atoms with van der Waals surface area (Å²) >= 11 is 0. The standard InChI is InChI=1S/C17H26N2O3/c1-13-5-4-7-16(9-13)22-12-15(20)11-19-8-3-2-6-14(19)10-17(18)21/h4-5,7,9,14-15,20H,2-3,6,8,10-12H2,1H3,(H2,18,21). The normalized spacial score (nSPS) is 20.5. The zero-order valence-corrected chi connectivity index (χ0v) is 13.2. The minimum absolute atomic E-state index is 0.153. The summed E-state index contributed by atoms with van der Waals surface area (Å²) in [6.07, 6.45) is 2.97. The molecule has 1 heterocycles. The van der Waals surface area contributed by atoms with Crippen molar-refractivity contribution in [2.24, 2.45) is 5.73 Å². The number of primary amides is 1. The van der Waals surface area contributed by atoms with Crippen molar-refractivity contribution in [3.63, 3.8) is 0 Å². The molecule has 0 spiro atoms. The van der Waals surface area contributed by atoms with E-state index in [1.807, 2.05) is 31.2 Å². The Morgan fingerprint density at radius 3 is 3.05 bits per heavy atom. The van der Waals surface area contributed by atoms with Gasteiger partial charge in [0.15, 0.2) is 0 Å². The number of aliphatic hydroxyl groups is 1. The highest BCUT2D eigenvalue weighted by Gasteiger charge is 2.25. The van der Waals surface area contributed by atoms with Gasteiger partial charge in [-0.3, -0.25) is 9.69 Å². The number of aliphatic hydroxyl groups excluding tert-OH is 1. The molecule has 1 saturated heterocycles. The first-order valence-electron chi connectivity index (χ1n) is 7.94. The molecule has 1 amide bonds. The van der Waals surface area contributed by atoms with Gasteiger partial charge in [-0.1, -0.05) is 18.6 Å². The quantitative estimate of drug-likeness (QED) is 0.800. The zero-order valence-electron chi connectivity index (χ0n) is 13.2. The maximum Gasteiger partial charge on any atom is 0.218 e. The van der Waals surface area contributed by atoms with E-state index in [2.05, 4.69) is 4.90 Å². The number of hydrogen-bond acceptors (Lipinski definition) is 4. The van der Waals surface area contributed by atoms with Gasteiger partial charge in [0.05, 0.1) is 0 Å². The number of nitrogens with zero attached hydrogens (tertiary/aromatic N) is 1. The first-order valence-corrected chi connectivity index (χ1v) is 7.94. The number of likely N-dealkylation sites (tertiary alicyclic amines) is 1. The van der Waals surface area contributed by atoms with Gasteiger partial charge in [0, 0.05) is 19.0 Å². The molecular weight excluding hydrogens is 280 g/mol. The van der Waals surface area contributed by atoms with Gasteiger partial charge < -0.3 is 15.6 Å². The molecule has 122 valence electrons. The SMILES string of the molecule is Cc1cccc(OCC(O)CN2CCCCC2CC(N)=O)c1. The number of β-amino-alcohol motifs (C(OH)–C–C–N with tert-alkyl or cyclic N) is 1. The van der Waals surface area contributed by atoms with Crippen LogP contribution in [0.25, 0.3) is 0 Å². The number of carbonyl (C=O) groups excluding carboxylic acids is 1. The molecule has 0 saturated carbocycles. The predicted molar refractivity (Wildman–Crippen MR) is 85.7 cm³/mol. The third kappa shape index (κ3) is 5.31. The summed E-state index contributed by atoms with van der Waals surface area (Å²) in [5.74, 6) is 0.494. The van der Waals surface area contributed by atoms with Crippen molar-refractivity contribution in [2.75, 3.05) is 19.7 Å². The topological polar surface area (TPSA) is 75.8 Å². The maximum atomic E-state index is 11.1. The number of aryl methyl sites for hydroxylation is 1. The van der Waals surface area contributed by atoms with Crippen LogP contribution in [0.1, 0.15) is 31.2 Å². The summed E-state index contributed by atoms with van der Waals surface area (Å²) < 4.78 is 5.64. The van der Waals surface area contributed by atoms with Crippen LogP contribution >= 0.6 is 0 Å². The lowest BCUT2D eigenvalue weighted by molar-refractivity contribution is -0.119. The van der Waals surface area contributed by atoms with E-state index in [9.17, 15) is 9.90 Å². The van der Waals surface area contributed by atoms with E-state index in [1.54, 1.807) is 0 Å². The molecule has 0 radical (unpaired) electrons. The van der Waals surface area contributed by atoms with Gasteiger partial charge in [-0.05, 0) is 44.0 Å². The molecule has 5 nitrogen and oxygen atoms in total. The molecule has 1 aliphatic heterocycles. The van der Waals surface area contributed by atoms with Gasteiger partial charge in [-0.15, -0.1) is 0 Å². The number of hydrogen-bond donors (Lipinski definition) is 2. The third-order valence-corrected chi connectivity index (χ3v) is 4.06. The molecule has 1 aliphatic rings. The third-order valence-electron chi connectivity index (χ3n) is 4.06. The maximum absolute atomic E-state index is 11.1. The Balaban J connectivity index is 1.81. The van der Waals surface area contributed by atoms with Crippen molar-refractivity contribution in [2.45, 2.75) is 44.8 Å². The molecule has 22 heavy (non-hydrogen) atoms. The highest BCUT2D eigenvalue weighted by atomic mass is 16.5. The number of benzene rings is 1. The number of nitrogens with two attached hydrogens (primary N) is 1. The van der Waals surface area contributed by atoms with Gasteiger partial charge in [0.1, 0.15) is 18.5 Å². The average Bonchev–Trinajstić information content (AvgIpc) is 2.47. The highest BCUT2D eigenvalue weighted by molar-refractivity contribution is 5.74. The summed E-state index contributed by atoms with van der Waals surface area (Å²) in [6.45, 7) is 3.68. The van der Waals surface area contributed by atoms with Crippen LogP contribution in [0, 0.1) is 6.92 Å². The fourth-order valence-electron chi connectivity index (χ4n) is 2.98. The van der Waals surface area contributed by atoms with Crippen LogP contribution in [0.5, 0.6) is 5.75 Å². The Labute approximate surface area is 132 Å². The van der Waals surface area contributed by atoms with Crippen molar-refractivity contribution in [1.29, 1.82) is 0 Å². The first-order chi connectivity index (χ1) is 10.5. The summed E-state index contributed by atoms with van der Waals surface area (Å²) in [5.41, 5.74) is 6.44. The molecule has 1 aromatic carbocycles. The zero-order chi connectivity index (χ0) is 15.9. The molecule has 2 atom stereocenters. The number of amides is 1. The number of ether oxygens (including phenoxy) is 1. The number of piperidine rings is 1. The molecular formula is C17H26N2O3. The second kappa shape index (κ2) is 8.15. The van der Waals surface area contributed by atoms with Gasteiger partial charge in [-0.2, -0.15) is 0 Å². The van der Waals surface area contributed by atoms with Crippen molar-refractivity contribution in [1.82, 2.24) is 4.90 Å². The van der Waals surface area contributed by atoms with Crippen molar-refractivity contribution >= 4 is 5.91 Å². The molecule has 0 aromatic heterocycles. The molecule has 1 aromatic rings. The van der Waals surface area contributed by atoms with Gasteiger partial charge in [0.2, 0.25) is 5.91 Å². The molecule has 0 aliphatic carbocycles. The van der Waals surface area contributed by atoms with E-state index in [-0.39, 0.29) is 18.6 Å². The Morgan fingerprint density at radius 1 is 1.50 bits per heavy atom. The lowest BCUT2D eigenvalue weighted by atomic mass is 9.98. The van der Waals surface area contributed by atoms with E-state index >= 15 is 0 Å². The average molecular weight is 306 g/mol. The first kappa shape index (κ1) is 16.8. The van der Waals surface area contributed by atoms with E-state index in [0.717, 1.165) is 37.1 Å². The molecule has 0 bridgehead atoms. The van der Waals surface area contributed by atoms with Crippen molar-refractivity contribution < 1.29 is 14.6 Å². The molecule has 5 heteroatoms. The molecule has 3 N–H and O–H groups in total. The fraction of sp³-hybridized carbons (Fsp3) is 0.588. The highest BCUT2D eigenvalue weighted by Crippen LogP contribution is 2.20. The van der Waals surface area contributed by atoms with Crippen LogP contribution in [0.15, 0.2) is 24.3 Å². The predicted octanol–water partition coefficient (Wildman–Crippen LogP) is 1.46. The van der Waals surface area contributed by atoms with Crippen LogP contribution in [0.3, 0.4) is 0 Å². The second-order valence-corrected chi connectivity index (χ2v) is 6.10. The smallest absolute Gasteiger partial charge is 0.218 e. The van der Waals surface area contributed by atoms with Crippen LogP contribution in [-0.4, -0.2) is 47.8 Å². The van der Waals surface area contributed by atoms with Gasteiger partial charge in [0.25, 0.3) is 0 Å². The Morgan fingerprint density at radius 2 is 2.32 bits per heavy atom. The van der Waals surface area contributed by atoms with Crippen LogP contribution < -0.4 is 10.5 Å². The van der Waals surface area contributed by atoms with Gasteiger partial charge in [-0.25, -0.2) is 0 Å². The van der Waals surface area contributed by atoms with Gasteiger partial charge >= 0.3 is 0 Å². The van der Waals surface area contributed by atoms with Crippen LogP contribution in [-0.2, 0) is 4.79 Å². The summed E-state index contributed by atoms with van der Waals surface area (Å²) in [6, 6.07) is 7.93. The largest absolute Gasteiger partial charge is 0.491 e. The number of rotatable bonds is 7. The lowest BCUT2D eigenvalue weighted by Gasteiger charge is -2.36. The summed E-state index contributed by atoms with van der Waals surface area (Å²) in [5, 5.41) is 10.2. The molecule has 1 fully saturated rings. The Bertz CT molecular complexity index is 493. The van der Waals surface area contributed by atoms with Crippen LogP contribution in [0.2, 0.25) is 0 Å².